The zero-order chi connectivity index (χ0) is 5.98. The monoisotopic (exact) mass is 114 g/mol. The van der Waals surface area contributed by atoms with Crippen LogP contribution in [0.15, 0.2) is 12.2 Å². The van der Waals surface area contributed by atoms with Gasteiger partial charge in [0.1, 0.15) is 6.17 Å². The average molecular weight is 114 g/mol. The first-order chi connectivity index (χ1) is 3.79. The molecule has 46 valence electrons. The van der Waals surface area contributed by atoms with E-state index in [9.17, 15) is 4.39 Å². The molecule has 0 aromatic carbocycles. The van der Waals surface area contributed by atoms with E-state index in [1.807, 2.05) is 6.08 Å². The van der Waals surface area contributed by atoms with E-state index in [-0.39, 0.29) is 0 Å². The van der Waals surface area contributed by atoms with Crippen LogP contribution in [0.5, 0.6) is 0 Å². The maximum absolute atomic E-state index is 12.3. The topological polar surface area (TPSA) is 0 Å². The molecule has 2 atom stereocenters. The van der Waals surface area contributed by atoms with Crippen LogP contribution in [-0.2, 0) is 0 Å². The van der Waals surface area contributed by atoms with Crippen LogP contribution < -0.4 is 0 Å². The van der Waals surface area contributed by atoms with Gasteiger partial charge < -0.3 is 0 Å². The Bertz CT molecular complexity index is 96.6. The minimum absolute atomic E-state index is 0.551. The summed E-state index contributed by atoms with van der Waals surface area (Å²) in [5.74, 6) is 0.551. The summed E-state index contributed by atoms with van der Waals surface area (Å²) in [6, 6.07) is 0. The van der Waals surface area contributed by atoms with Gasteiger partial charge in [-0.3, -0.25) is 0 Å². The molecule has 0 aromatic rings. The molecule has 0 amide bonds. The van der Waals surface area contributed by atoms with Crippen molar-refractivity contribution in [1.29, 1.82) is 0 Å². The fraction of sp³-hybridized carbons (Fsp3) is 0.714. The average Bonchev–Trinajstić information content (AvgIpc) is 1.64. The molecule has 0 N–H and O–H groups in total. The Morgan fingerprint density at radius 3 is 2.75 bits per heavy atom. The molecular formula is C7H11F. The van der Waals surface area contributed by atoms with Gasteiger partial charge in [-0.2, -0.15) is 0 Å². The molecule has 1 rings (SSSR count). The number of halogens is 1. The maximum Gasteiger partial charge on any atom is 0.119 e. The molecule has 1 aliphatic rings. The molecule has 0 bridgehead atoms. The molecule has 8 heavy (non-hydrogen) atoms. The summed E-state index contributed by atoms with van der Waals surface area (Å²) in [5.41, 5.74) is 0. The molecule has 0 fully saturated rings. The Balaban J connectivity index is 2.42. The highest BCUT2D eigenvalue weighted by Crippen LogP contribution is 2.19. The van der Waals surface area contributed by atoms with E-state index in [1.165, 1.54) is 0 Å². The van der Waals surface area contributed by atoms with E-state index in [4.69, 9.17) is 0 Å². The molecule has 0 saturated carbocycles. The molecule has 0 saturated heterocycles. The fourth-order valence-electron chi connectivity index (χ4n) is 1.02. The lowest BCUT2D eigenvalue weighted by atomic mass is 9.95. The number of allylic oxidation sites excluding steroid dienone is 2. The third kappa shape index (κ3) is 1.32. The highest BCUT2D eigenvalue weighted by molar-refractivity contribution is 4.95. The van der Waals surface area contributed by atoms with Gasteiger partial charge in [0, 0.05) is 0 Å². The van der Waals surface area contributed by atoms with Crippen molar-refractivity contribution < 1.29 is 4.39 Å². The van der Waals surface area contributed by atoms with Gasteiger partial charge in [-0.25, -0.2) is 4.39 Å². The van der Waals surface area contributed by atoms with Crippen LogP contribution in [0, 0.1) is 5.92 Å². The third-order valence-electron chi connectivity index (χ3n) is 1.51. The molecule has 0 aromatic heterocycles. The number of hydrogen-bond acceptors (Lipinski definition) is 0. The highest BCUT2D eigenvalue weighted by Gasteiger charge is 2.11. The van der Waals surface area contributed by atoms with Crippen LogP contribution in [0.2, 0.25) is 0 Å². The van der Waals surface area contributed by atoms with Crippen molar-refractivity contribution in [1.82, 2.24) is 0 Å². The quantitative estimate of drug-likeness (QED) is 0.424. The molecule has 1 unspecified atom stereocenters. The summed E-state index contributed by atoms with van der Waals surface area (Å²) in [7, 11) is 0. The van der Waals surface area contributed by atoms with Crippen molar-refractivity contribution in [3.63, 3.8) is 0 Å². The smallest absolute Gasteiger partial charge is 0.119 e. The van der Waals surface area contributed by atoms with E-state index in [0.29, 0.717) is 5.92 Å². The van der Waals surface area contributed by atoms with E-state index in [2.05, 4.69) is 6.92 Å². The van der Waals surface area contributed by atoms with Crippen molar-refractivity contribution >= 4 is 0 Å². The number of hydrogen-bond donors (Lipinski definition) is 0. The minimum atomic E-state index is -0.668. The summed E-state index contributed by atoms with van der Waals surface area (Å²) in [6.07, 6.45) is 4.69. The van der Waals surface area contributed by atoms with Crippen molar-refractivity contribution in [2.45, 2.75) is 25.9 Å². The van der Waals surface area contributed by atoms with Crippen LogP contribution in [0.25, 0.3) is 0 Å². The normalized spacial score (nSPS) is 37.8. The predicted molar refractivity (Wildman–Crippen MR) is 32.4 cm³/mol. The summed E-state index contributed by atoms with van der Waals surface area (Å²) in [5, 5.41) is 0. The summed E-state index contributed by atoms with van der Waals surface area (Å²) in [4.78, 5) is 0. The van der Waals surface area contributed by atoms with E-state index in [1.54, 1.807) is 6.08 Å². The van der Waals surface area contributed by atoms with Crippen LogP contribution >= 0.6 is 0 Å². The molecule has 0 spiro atoms. The Morgan fingerprint density at radius 1 is 1.62 bits per heavy atom. The second-order valence-electron chi connectivity index (χ2n) is 2.52. The largest absolute Gasteiger partial charge is 0.243 e. The predicted octanol–water partition coefficient (Wildman–Crippen LogP) is 2.31. The third-order valence-corrected chi connectivity index (χ3v) is 1.51. The van der Waals surface area contributed by atoms with Crippen molar-refractivity contribution in [3.05, 3.63) is 12.2 Å². The molecular weight excluding hydrogens is 103 g/mol. The summed E-state index contributed by atoms with van der Waals surface area (Å²) < 4.78 is 12.3. The zero-order valence-electron chi connectivity index (χ0n) is 5.10. The van der Waals surface area contributed by atoms with E-state index in [0.717, 1.165) is 12.8 Å². The first-order valence-corrected chi connectivity index (χ1v) is 3.10. The fourth-order valence-corrected chi connectivity index (χ4v) is 1.02. The van der Waals surface area contributed by atoms with Gasteiger partial charge >= 0.3 is 0 Å². The summed E-state index contributed by atoms with van der Waals surface area (Å²) >= 11 is 0. The molecule has 0 radical (unpaired) electrons. The number of alkyl halides is 1. The Hall–Kier alpha value is -0.330. The van der Waals surface area contributed by atoms with Crippen LogP contribution in [0.3, 0.4) is 0 Å². The van der Waals surface area contributed by atoms with E-state index < -0.39 is 6.17 Å². The minimum Gasteiger partial charge on any atom is -0.243 e. The SMILES string of the molecule is CC1CC=C[C@@H](F)C1. The lowest BCUT2D eigenvalue weighted by Crippen LogP contribution is -2.07. The van der Waals surface area contributed by atoms with Crippen molar-refractivity contribution in [2.24, 2.45) is 5.92 Å². The molecule has 1 aliphatic carbocycles. The van der Waals surface area contributed by atoms with Gasteiger partial charge in [-0.05, 0) is 18.8 Å². The molecule has 0 nitrogen and oxygen atoms in total. The van der Waals surface area contributed by atoms with Gasteiger partial charge in [-0.15, -0.1) is 0 Å². The zero-order valence-corrected chi connectivity index (χ0v) is 5.10. The second kappa shape index (κ2) is 2.29. The first-order valence-electron chi connectivity index (χ1n) is 3.10. The highest BCUT2D eigenvalue weighted by atomic mass is 19.1. The van der Waals surface area contributed by atoms with Gasteiger partial charge in [0.15, 0.2) is 0 Å². The van der Waals surface area contributed by atoms with Crippen molar-refractivity contribution in [3.8, 4) is 0 Å². The number of rotatable bonds is 0. The van der Waals surface area contributed by atoms with Crippen LogP contribution in [0.4, 0.5) is 4.39 Å². The van der Waals surface area contributed by atoms with Crippen LogP contribution in [-0.4, -0.2) is 6.17 Å². The lowest BCUT2D eigenvalue weighted by Gasteiger charge is -2.14. The van der Waals surface area contributed by atoms with Crippen molar-refractivity contribution in [2.75, 3.05) is 0 Å². The second-order valence-corrected chi connectivity index (χ2v) is 2.52. The van der Waals surface area contributed by atoms with Gasteiger partial charge in [0.05, 0.1) is 0 Å². The molecule has 0 heterocycles. The molecule has 1 heteroatoms. The van der Waals surface area contributed by atoms with Crippen LogP contribution in [0.1, 0.15) is 19.8 Å². The van der Waals surface area contributed by atoms with E-state index >= 15 is 0 Å². The Kier molecular flexibility index (Phi) is 1.66. The lowest BCUT2D eigenvalue weighted by molar-refractivity contribution is 0.315. The Labute approximate surface area is 49.4 Å². The summed E-state index contributed by atoms with van der Waals surface area (Å²) in [6.45, 7) is 2.08. The molecule has 0 aliphatic heterocycles. The standard InChI is InChI=1S/C7H11F/c1-6-3-2-4-7(8)5-6/h2,4,6-7H,3,5H2,1H3/t6?,7-/m1/s1. The van der Waals surface area contributed by atoms with Gasteiger partial charge in [-0.1, -0.05) is 19.1 Å². The Morgan fingerprint density at radius 2 is 2.38 bits per heavy atom. The first kappa shape index (κ1) is 5.80. The van der Waals surface area contributed by atoms with Gasteiger partial charge in [0.2, 0.25) is 0 Å². The van der Waals surface area contributed by atoms with Gasteiger partial charge in [0.25, 0.3) is 0 Å². The maximum atomic E-state index is 12.3.